The van der Waals surface area contributed by atoms with Gasteiger partial charge in [0.2, 0.25) is 0 Å². The van der Waals surface area contributed by atoms with Crippen LogP contribution in [0.4, 0.5) is 14.5 Å². The van der Waals surface area contributed by atoms with Crippen LogP contribution >= 0.6 is 23.1 Å². The third-order valence-corrected chi connectivity index (χ3v) is 5.11. The highest BCUT2D eigenvalue weighted by Crippen LogP contribution is 2.46. The third-order valence-electron chi connectivity index (χ3n) is 3.90. The Labute approximate surface area is 161 Å². The number of benzene rings is 2. The van der Waals surface area contributed by atoms with E-state index in [9.17, 15) is 13.6 Å². The second-order valence-corrected chi connectivity index (χ2v) is 7.02. The number of nitrogens with zero attached hydrogens (tertiary/aromatic N) is 1. The van der Waals surface area contributed by atoms with Crippen molar-refractivity contribution in [2.24, 2.45) is 0 Å². The Hall–Kier alpha value is -2.71. The highest BCUT2D eigenvalue weighted by Gasteiger charge is 2.43. The van der Waals surface area contributed by atoms with E-state index in [1.54, 1.807) is 30.5 Å². The van der Waals surface area contributed by atoms with E-state index in [2.05, 4.69) is 19.2 Å². The molecule has 2 heterocycles. The predicted molar refractivity (Wildman–Crippen MR) is 97.9 cm³/mol. The minimum absolute atomic E-state index is 0.0857. The Morgan fingerprint density at radius 1 is 1.19 bits per heavy atom. The summed E-state index contributed by atoms with van der Waals surface area (Å²) in [5.74, 6) is -0.443. The molecule has 1 amide bonds. The molecule has 1 aliphatic rings. The minimum atomic E-state index is -3.70. The van der Waals surface area contributed by atoms with Crippen molar-refractivity contribution < 1.29 is 23.0 Å². The zero-order valence-corrected chi connectivity index (χ0v) is 15.3. The van der Waals surface area contributed by atoms with E-state index >= 15 is 0 Å². The molecule has 0 aliphatic carbocycles. The van der Waals surface area contributed by atoms with E-state index in [-0.39, 0.29) is 22.4 Å². The number of anilines is 1. The fourth-order valence-electron chi connectivity index (χ4n) is 2.62. The summed E-state index contributed by atoms with van der Waals surface area (Å²) in [6.45, 7) is 1.81. The number of hydrogen-bond donors (Lipinski definition) is 1. The second-order valence-electron chi connectivity index (χ2n) is 5.82. The Morgan fingerprint density at radius 3 is 2.48 bits per heavy atom. The average molecular weight is 409 g/mol. The lowest BCUT2D eigenvalue weighted by Crippen LogP contribution is -2.25. The van der Waals surface area contributed by atoms with Crippen LogP contribution < -0.4 is 14.8 Å². The van der Waals surface area contributed by atoms with Gasteiger partial charge in [-0.25, -0.2) is 4.37 Å². The van der Waals surface area contributed by atoms with Crippen molar-refractivity contribution in [1.82, 2.24) is 4.37 Å². The first-order valence-corrected chi connectivity index (χ1v) is 8.90. The zero-order chi connectivity index (χ0) is 19.2. The molecule has 0 atom stereocenters. The van der Waals surface area contributed by atoms with Gasteiger partial charge in [-0.05, 0) is 47.8 Å². The van der Waals surface area contributed by atoms with Crippen LogP contribution in [0.15, 0.2) is 42.6 Å². The van der Waals surface area contributed by atoms with Gasteiger partial charge in [-0.3, -0.25) is 4.79 Å². The standard InChI is InChI=1S/C18H11ClF2N2O3S/c1-9-8-22-27-16(9)17(24)23-11-4-2-10(3-5-11)12-6-14-15(7-13(12)19)26-18(20,21)25-14/h2-8H,1H3,(H,23,24). The summed E-state index contributed by atoms with van der Waals surface area (Å²) in [4.78, 5) is 12.8. The molecule has 1 N–H and O–H groups in total. The number of hydrogen-bond acceptors (Lipinski definition) is 5. The maximum atomic E-state index is 13.2. The minimum Gasteiger partial charge on any atom is -0.395 e. The summed E-state index contributed by atoms with van der Waals surface area (Å²) in [5.41, 5.74) is 2.57. The fraction of sp³-hybridized carbons (Fsp3) is 0.111. The molecule has 0 saturated carbocycles. The number of carbonyl (C=O) groups is 1. The van der Waals surface area contributed by atoms with Crippen molar-refractivity contribution in [3.63, 3.8) is 0 Å². The number of alkyl halides is 2. The molecule has 0 fully saturated rings. The summed E-state index contributed by atoms with van der Waals surface area (Å²) in [6.07, 6.45) is -2.07. The van der Waals surface area contributed by atoms with Crippen molar-refractivity contribution >= 4 is 34.7 Å². The molecule has 0 radical (unpaired) electrons. The van der Waals surface area contributed by atoms with Crippen molar-refractivity contribution in [3.8, 4) is 22.6 Å². The number of rotatable bonds is 3. The van der Waals surface area contributed by atoms with Crippen molar-refractivity contribution in [2.45, 2.75) is 13.2 Å². The molecule has 0 bridgehead atoms. The number of amides is 1. The lowest BCUT2D eigenvalue weighted by molar-refractivity contribution is -0.286. The second kappa shape index (κ2) is 6.47. The molecule has 2 aromatic carbocycles. The molecule has 5 nitrogen and oxygen atoms in total. The molecule has 1 aliphatic heterocycles. The zero-order valence-electron chi connectivity index (χ0n) is 13.8. The molecule has 4 rings (SSSR count). The van der Waals surface area contributed by atoms with Crippen LogP contribution in [0, 0.1) is 6.92 Å². The predicted octanol–water partition coefficient (Wildman–Crippen LogP) is 5.35. The number of fused-ring (bicyclic) bond motifs is 1. The fourth-order valence-corrected chi connectivity index (χ4v) is 3.53. The Morgan fingerprint density at radius 2 is 1.85 bits per heavy atom. The summed E-state index contributed by atoms with van der Waals surface area (Å²) in [5, 5.41) is 3.03. The molecular formula is C18H11ClF2N2O3S. The van der Waals surface area contributed by atoms with Gasteiger partial charge in [0.15, 0.2) is 11.5 Å². The van der Waals surface area contributed by atoms with Crippen LogP contribution in [0.2, 0.25) is 5.02 Å². The molecule has 138 valence electrons. The SMILES string of the molecule is Cc1cnsc1C(=O)Nc1ccc(-c2cc3c(cc2Cl)OC(F)(F)O3)cc1. The normalized spacial score (nSPS) is 14.2. The highest BCUT2D eigenvalue weighted by molar-refractivity contribution is 7.08. The van der Waals surface area contributed by atoms with Crippen LogP contribution in [-0.4, -0.2) is 16.6 Å². The molecule has 27 heavy (non-hydrogen) atoms. The van der Waals surface area contributed by atoms with Gasteiger partial charge in [-0.15, -0.1) is 8.78 Å². The highest BCUT2D eigenvalue weighted by atomic mass is 35.5. The quantitative estimate of drug-likeness (QED) is 0.635. The molecule has 1 aromatic heterocycles. The number of nitrogens with one attached hydrogen (secondary N) is 1. The third kappa shape index (κ3) is 3.45. The average Bonchev–Trinajstić information content (AvgIpc) is 3.16. The van der Waals surface area contributed by atoms with Gasteiger partial charge in [-0.1, -0.05) is 23.7 Å². The number of carbonyl (C=O) groups excluding carboxylic acids is 1. The Bertz CT molecular complexity index is 1040. The van der Waals surface area contributed by atoms with Crippen LogP contribution in [-0.2, 0) is 0 Å². The molecule has 3 aromatic rings. The molecule has 0 spiro atoms. The smallest absolute Gasteiger partial charge is 0.395 e. The van der Waals surface area contributed by atoms with E-state index < -0.39 is 6.29 Å². The van der Waals surface area contributed by atoms with Gasteiger partial charge in [0, 0.05) is 23.5 Å². The first-order chi connectivity index (χ1) is 12.8. The van der Waals surface area contributed by atoms with Gasteiger partial charge in [0.05, 0.1) is 5.02 Å². The number of aryl methyl sites for hydroxylation is 1. The van der Waals surface area contributed by atoms with Crippen LogP contribution in [0.5, 0.6) is 11.5 Å². The van der Waals surface area contributed by atoms with E-state index in [0.29, 0.717) is 21.7 Å². The van der Waals surface area contributed by atoms with E-state index in [1.807, 2.05) is 6.92 Å². The lowest BCUT2D eigenvalue weighted by atomic mass is 10.0. The van der Waals surface area contributed by atoms with Crippen molar-refractivity contribution in [2.75, 3.05) is 5.32 Å². The first-order valence-electron chi connectivity index (χ1n) is 7.75. The summed E-state index contributed by atoms with van der Waals surface area (Å²) in [6, 6.07) is 9.51. The van der Waals surface area contributed by atoms with Gasteiger partial charge < -0.3 is 14.8 Å². The number of ether oxygens (including phenoxy) is 2. The first kappa shape index (κ1) is 17.7. The van der Waals surface area contributed by atoms with E-state index in [0.717, 1.165) is 17.1 Å². The largest absolute Gasteiger partial charge is 0.586 e. The summed E-state index contributed by atoms with van der Waals surface area (Å²) in [7, 11) is 0. The van der Waals surface area contributed by atoms with Crippen molar-refractivity contribution in [3.05, 3.63) is 58.1 Å². The van der Waals surface area contributed by atoms with E-state index in [4.69, 9.17) is 11.6 Å². The van der Waals surface area contributed by atoms with Gasteiger partial charge in [0.25, 0.3) is 5.91 Å². The van der Waals surface area contributed by atoms with Gasteiger partial charge in [-0.2, -0.15) is 0 Å². The summed E-state index contributed by atoms with van der Waals surface area (Å²) < 4.78 is 39.2. The van der Waals surface area contributed by atoms with E-state index in [1.165, 1.54) is 12.1 Å². The maximum Gasteiger partial charge on any atom is 0.586 e. The molecule has 0 unspecified atom stereocenters. The van der Waals surface area contributed by atoms with Crippen LogP contribution in [0.3, 0.4) is 0 Å². The Kier molecular flexibility index (Phi) is 4.24. The number of aromatic nitrogens is 1. The Balaban J connectivity index is 1.57. The molecular weight excluding hydrogens is 398 g/mol. The molecule has 9 heteroatoms. The monoisotopic (exact) mass is 408 g/mol. The van der Waals surface area contributed by atoms with Crippen molar-refractivity contribution in [1.29, 1.82) is 0 Å². The van der Waals surface area contributed by atoms with Gasteiger partial charge in [0.1, 0.15) is 4.88 Å². The molecule has 0 saturated heterocycles. The summed E-state index contributed by atoms with van der Waals surface area (Å²) >= 11 is 7.31. The topological polar surface area (TPSA) is 60.5 Å². The number of halogens is 3. The van der Waals surface area contributed by atoms with Crippen LogP contribution in [0.1, 0.15) is 15.2 Å². The van der Waals surface area contributed by atoms with Gasteiger partial charge >= 0.3 is 6.29 Å². The van der Waals surface area contributed by atoms with Crippen LogP contribution in [0.25, 0.3) is 11.1 Å². The maximum absolute atomic E-state index is 13.2. The lowest BCUT2D eigenvalue weighted by Gasteiger charge is -2.08.